The Morgan fingerprint density at radius 1 is 1.53 bits per heavy atom. The maximum absolute atomic E-state index is 5.99. The van der Waals surface area contributed by atoms with E-state index in [0.717, 1.165) is 24.5 Å². The van der Waals surface area contributed by atoms with Gasteiger partial charge in [-0.25, -0.2) is 0 Å². The number of nitrogens with two attached hydrogens (primary N) is 1. The van der Waals surface area contributed by atoms with Crippen LogP contribution in [0.4, 0.5) is 0 Å². The minimum Gasteiger partial charge on any atom is -0.490 e. The van der Waals surface area contributed by atoms with Gasteiger partial charge in [-0.15, -0.1) is 0 Å². The Balaban J connectivity index is 2.00. The van der Waals surface area contributed by atoms with E-state index in [1.54, 1.807) is 0 Å². The summed E-state index contributed by atoms with van der Waals surface area (Å²) in [6, 6.07) is 8.47. The average molecular weight is 251 g/mol. The van der Waals surface area contributed by atoms with Crippen LogP contribution in [-0.4, -0.2) is 24.2 Å². The van der Waals surface area contributed by atoms with Crippen LogP contribution in [0.25, 0.3) is 0 Å². The second kappa shape index (κ2) is 6.31. The molecule has 17 heavy (non-hydrogen) atoms. The van der Waals surface area contributed by atoms with Crippen LogP contribution in [0.15, 0.2) is 24.3 Å². The molecule has 2 atom stereocenters. The van der Waals surface area contributed by atoms with Crippen molar-refractivity contribution >= 4 is 11.8 Å². The number of rotatable bonds is 5. The van der Waals surface area contributed by atoms with Gasteiger partial charge in [-0.3, -0.25) is 0 Å². The van der Waals surface area contributed by atoms with E-state index in [2.05, 4.69) is 31.2 Å². The molecule has 0 aliphatic carbocycles. The molecule has 1 aliphatic heterocycles. The van der Waals surface area contributed by atoms with Crippen molar-refractivity contribution in [3.8, 4) is 5.75 Å². The lowest BCUT2D eigenvalue weighted by Gasteiger charge is -2.15. The van der Waals surface area contributed by atoms with E-state index < -0.39 is 0 Å². The first kappa shape index (κ1) is 12.8. The van der Waals surface area contributed by atoms with Gasteiger partial charge in [0, 0.05) is 5.75 Å². The Labute approximate surface area is 108 Å². The maximum Gasteiger partial charge on any atom is 0.120 e. The highest BCUT2D eigenvalue weighted by molar-refractivity contribution is 7.99. The van der Waals surface area contributed by atoms with Crippen molar-refractivity contribution in [1.82, 2.24) is 0 Å². The summed E-state index contributed by atoms with van der Waals surface area (Å²) in [7, 11) is 0. The van der Waals surface area contributed by atoms with Crippen LogP contribution < -0.4 is 10.5 Å². The molecule has 1 aromatic carbocycles. The molecule has 0 radical (unpaired) electrons. The molecular formula is C14H21NOS. The predicted molar refractivity (Wildman–Crippen MR) is 74.9 cm³/mol. The van der Waals surface area contributed by atoms with Crippen LogP contribution in [0.1, 0.15) is 31.2 Å². The molecule has 1 aliphatic rings. The fourth-order valence-corrected chi connectivity index (χ4v) is 3.20. The van der Waals surface area contributed by atoms with Crippen molar-refractivity contribution in [2.45, 2.75) is 31.8 Å². The molecular weight excluding hydrogens is 230 g/mol. The van der Waals surface area contributed by atoms with Crippen LogP contribution in [0, 0.1) is 0 Å². The summed E-state index contributed by atoms with van der Waals surface area (Å²) in [6.45, 7) is 2.96. The third-order valence-corrected chi connectivity index (χ3v) is 4.35. The Morgan fingerprint density at radius 3 is 3.12 bits per heavy atom. The van der Waals surface area contributed by atoms with Crippen LogP contribution in [0.3, 0.4) is 0 Å². The van der Waals surface area contributed by atoms with E-state index in [0.29, 0.717) is 12.0 Å². The number of ether oxygens (including phenoxy) is 1. The second-order valence-corrected chi connectivity index (χ2v) is 5.80. The zero-order valence-electron chi connectivity index (χ0n) is 10.4. The third-order valence-electron chi connectivity index (χ3n) is 3.22. The lowest BCUT2D eigenvalue weighted by Crippen LogP contribution is -2.15. The molecule has 2 rings (SSSR count). The van der Waals surface area contributed by atoms with Gasteiger partial charge >= 0.3 is 0 Å². The van der Waals surface area contributed by atoms with Crippen LogP contribution in [0.5, 0.6) is 5.75 Å². The first-order chi connectivity index (χ1) is 8.29. The van der Waals surface area contributed by atoms with Crippen LogP contribution in [-0.2, 0) is 0 Å². The summed E-state index contributed by atoms with van der Waals surface area (Å²) in [5, 5.41) is 0. The first-order valence-electron chi connectivity index (χ1n) is 6.34. The second-order valence-electron chi connectivity index (χ2n) is 4.65. The molecule has 2 nitrogen and oxygen atoms in total. The topological polar surface area (TPSA) is 35.2 Å². The zero-order valence-corrected chi connectivity index (χ0v) is 11.2. The van der Waals surface area contributed by atoms with Gasteiger partial charge < -0.3 is 10.5 Å². The highest BCUT2D eigenvalue weighted by atomic mass is 32.2. The highest BCUT2D eigenvalue weighted by Gasteiger charge is 2.17. The van der Waals surface area contributed by atoms with E-state index in [9.17, 15) is 0 Å². The van der Waals surface area contributed by atoms with Gasteiger partial charge in [-0.05, 0) is 48.8 Å². The number of thioether (sulfide) groups is 1. The summed E-state index contributed by atoms with van der Waals surface area (Å²) in [4.78, 5) is 0. The molecule has 0 spiro atoms. The lowest BCUT2D eigenvalue weighted by atomic mass is 9.98. The summed E-state index contributed by atoms with van der Waals surface area (Å²) >= 11 is 1.98. The van der Waals surface area contributed by atoms with E-state index in [1.807, 2.05) is 11.8 Å². The Kier molecular flexibility index (Phi) is 4.75. The quantitative estimate of drug-likeness (QED) is 0.873. The van der Waals surface area contributed by atoms with Gasteiger partial charge in [-0.1, -0.05) is 19.1 Å². The summed E-state index contributed by atoms with van der Waals surface area (Å²) in [5.41, 5.74) is 6.93. The van der Waals surface area contributed by atoms with Crippen molar-refractivity contribution in [3.63, 3.8) is 0 Å². The van der Waals surface area contributed by atoms with Crippen molar-refractivity contribution < 1.29 is 4.74 Å². The van der Waals surface area contributed by atoms with Crippen molar-refractivity contribution in [1.29, 1.82) is 0 Å². The van der Waals surface area contributed by atoms with E-state index in [-0.39, 0.29) is 0 Å². The van der Waals surface area contributed by atoms with Gasteiger partial charge in [0.25, 0.3) is 0 Å². The molecule has 3 heteroatoms. The minimum absolute atomic E-state index is 0.403. The zero-order chi connectivity index (χ0) is 12.1. The SMILES string of the molecule is CC(CCN)c1cccc(OC2CCSC2)c1. The molecule has 2 unspecified atom stereocenters. The minimum atomic E-state index is 0.403. The molecule has 0 amide bonds. The van der Waals surface area contributed by atoms with E-state index in [1.165, 1.54) is 17.7 Å². The maximum atomic E-state index is 5.99. The monoisotopic (exact) mass is 251 g/mol. The summed E-state index contributed by atoms with van der Waals surface area (Å²) in [5.74, 6) is 3.89. The lowest BCUT2D eigenvalue weighted by molar-refractivity contribution is 0.229. The largest absolute Gasteiger partial charge is 0.490 e. The summed E-state index contributed by atoms with van der Waals surface area (Å²) in [6.07, 6.45) is 2.61. The van der Waals surface area contributed by atoms with Gasteiger partial charge in [0.2, 0.25) is 0 Å². The number of hydrogen-bond acceptors (Lipinski definition) is 3. The van der Waals surface area contributed by atoms with Crippen molar-refractivity contribution in [2.24, 2.45) is 5.73 Å². The van der Waals surface area contributed by atoms with Gasteiger partial charge in [0.1, 0.15) is 11.9 Å². The van der Waals surface area contributed by atoms with Crippen LogP contribution in [0.2, 0.25) is 0 Å². The molecule has 0 aromatic heterocycles. The Morgan fingerprint density at radius 2 is 2.41 bits per heavy atom. The predicted octanol–water partition coefficient (Wildman–Crippen LogP) is 3.02. The van der Waals surface area contributed by atoms with Gasteiger partial charge in [-0.2, -0.15) is 11.8 Å². The third kappa shape index (κ3) is 3.65. The van der Waals surface area contributed by atoms with E-state index in [4.69, 9.17) is 10.5 Å². The standard InChI is InChI=1S/C14H21NOS/c1-11(5-7-15)12-3-2-4-13(9-12)16-14-6-8-17-10-14/h2-4,9,11,14H,5-8,10,15H2,1H3. The first-order valence-corrected chi connectivity index (χ1v) is 7.49. The van der Waals surface area contributed by atoms with E-state index >= 15 is 0 Å². The molecule has 1 fully saturated rings. The highest BCUT2D eigenvalue weighted by Crippen LogP contribution is 2.26. The molecule has 0 saturated carbocycles. The molecule has 1 heterocycles. The Bertz CT molecular complexity index is 350. The normalized spacial score (nSPS) is 21.4. The van der Waals surface area contributed by atoms with Crippen molar-refractivity contribution in [2.75, 3.05) is 18.1 Å². The van der Waals surface area contributed by atoms with Crippen LogP contribution >= 0.6 is 11.8 Å². The molecule has 0 bridgehead atoms. The number of hydrogen-bond donors (Lipinski definition) is 1. The molecule has 1 saturated heterocycles. The molecule has 1 aromatic rings. The van der Waals surface area contributed by atoms with Gasteiger partial charge in [0.15, 0.2) is 0 Å². The summed E-state index contributed by atoms with van der Waals surface area (Å²) < 4.78 is 5.99. The molecule has 94 valence electrons. The smallest absolute Gasteiger partial charge is 0.120 e. The molecule has 2 N–H and O–H groups in total. The average Bonchev–Trinajstić information content (AvgIpc) is 2.82. The van der Waals surface area contributed by atoms with Crippen molar-refractivity contribution in [3.05, 3.63) is 29.8 Å². The fourth-order valence-electron chi connectivity index (χ4n) is 2.11. The Hall–Kier alpha value is -0.670. The fraction of sp³-hybridized carbons (Fsp3) is 0.571. The van der Waals surface area contributed by atoms with Gasteiger partial charge in [0.05, 0.1) is 0 Å². The number of benzene rings is 1.